The van der Waals surface area contributed by atoms with Crippen molar-refractivity contribution in [2.24, 2.45) is 0 Å². The van der Waals surface area contributed by atoms with Crippen LogP contribution in [0.5, 0.6) is 17.2 Å². The van der Waals surface area contributed by atoms with Crippen molar-refractivity contribution in [2.75, 3.05) is 185 Å². The molecule has 0 saturated carbocycles. The first-order chi connectivity index (χ1) is 66.3. The van der Waals surface area contributed by atoms with Gasteiger partial charge in [0.25, 0.3) is 34.1 Å². The second kappa shape index (κ2) is 61.5. The van der Waals surface area contributed by atoms with Gasteiger partial charge in [-0.1, -0.05) is 62.0 Å². The fourth-order valence-corrected chi connectivity index (χ4v) is 18.4. The monoisotopic (exact) mass is 2230 g/mol. The quantitative estimate of drug-likeness (QED) is 0.00715. The molecule has 0 aliphatic carbocycles. The number of nitrogen functional groups attached to an aromatic ring is 2. The minimum atomic E-state index is -0.814. The molecule has 10 aromatic carbocycles. The maximum absolute atomic E-state index is 12.2. The van der Waals surface area contributed by atoms with E-state index < -0.39 is 36.5 Å². The molecule has 16 rings (SSSR count). The Hall–Kier alpha value is -12.3. The van der Waals surface area contributed by atoms with Crippen LogP contribution in [-0.2, 0) is 34.8 Å². The van der Waals surface area contributed by atoms with Gasteiger partial charge in [-0.05, 0) is 131 Å². The number of nitrogens with two attached hydrogens (primary N) is 2. The molecule has 0 spiro atoms. The van der Waals surface area contributed by atoms with Crippen LogP contribution in [0.4, 0.5) is 88.3 Å². The molecule has 6 heterocycles. The number of thiol groups is 1. The molecule has 0 atom stereocenters. The van der Waals surface area contributed by atoms with Gasteiger partial charge in [0.15, 0.2) is 0 Å². The molecule has 11 aromatic rings. The number of halogens is 3. The Labute approximate surface area is 878 Å². The second-order valence-electron chi connectivity index (χ2n) is 29.8. The number of nitrogens with one attached hydrogen (secondary N) is 1. The molecule has 760 valence electrons. The van der Waals surface area contributed by atoms with Gasteiger partial charge in [-0.15, -0.1) is 94.4 Å². The van der Waals surface area contributed by atoms with Crippen molar-refractivity contribution in [3.8, 4) is 17.2 Å². The van der Waals surface area contributed by atoms with Crippen molar-refractivity contribution >= 4 is 236 Å². The zero-order chi connectivity index (χ0) is 101. The summed E-state index contributed by atoms with van der Waals surface area (Å²) >= 11 is 27.6. The molecule has 0 unspecified atom stereocenters. The molecule has 0 saturated heterocycles. The Kier molecular flexibility index (Phi) is 52.0. The van der Waals surface area contributed by atoms with Crippen LogP contribution < -0.4 is 50.6 Å². The van der Waals surface area contributed by atoms with Crippen molar-refractivity contribution < 1.29 is 92.9 Å². The van der Waals surface area contributed by atoms with Crippen molar-refractivity contribution in [2.45, 2.75) is 36.8 Å². The Balaban J connectivity index is 0.000000288. The number of nitro benzene ring substituents is 6. The van der Waals surface area contributed by atoms with E-state index in [1.54, 1.807) is 144 Å². The van der Waals surface area contributed by atoms with Crippen molar-refractivity contribution in [1.82, 2.24) is 24.6 Å². The zero-order valence-corrected chi connectivity index (χ0v) is 86.3. The summed E-state index contributed by atoms with van der Waals surface area (Å²) in [6.07, 6.45) is -0.753. The number of alkyl halides is 1. The molecule has 142 heavy (non-hydrogen) atoms. The summed E-state index contributed by atoms with van der Waals surface area (Å²) in [6, 6.07) is 60.6. The number of anilines is 7. The van der Waals surface area contributed by atoms with Gasteiger partial charge < -0.3 is 77.6 Å². The number of non-ortho nitro benzene ring substituents is 6. The fourth-order valence-electron chi connectivity index (χ4n) is 12.3. The van der Waals surface area contributed by atoms with Crippen LogP contribution in [-0.4, -0.2) is 238 Å². The molecule has 4 amide bonds. The SMILES string of the molecule is C.CN(C)CCN1C(=O)CSc2cc([N+](=O)[O-])ccc21.CN(C)CCN1CCSc2cc([N+](=O)[O-])ccc21.CN(CCN1CCSc2cc(N)ccc21)C(=O)Oc1ccccc1.CN(CCN1CCSc2cc([N+](=O)[O-])ccc21)C(=O)Oc1ccccc1.Nc1ccc([N+](=O)[O-])cc1S.O=C(Cl)CCl.O=C(Cl)Oc1ccccc1.O=C1CSc2cc([N+](=O)[O-])ccc2N1.O=[N+]([O-])c1ccc2ncsc2c1.[CH3-].[Pd]. The molecular formula is C92H102Cl3N18O21PdS7-. The smallest absolute Gasteiger partial charge is 0.415 e. The van der Waals surface area contributed by atoms with Crippen molar-refractivity contribution in [3.05, 3.63) is 292 Å². The predicted molar refractivity (Wildman–Crippen MR) is 566 cm³/mol. The van der Waals surface area contributed by atoms with Crippen LogP contribution in [0.25, 0.3) is 10.2 Å². The molecule has 5 aliphatic heterocycles. The van der Waals surface area contributed by atoms with Crippen molar-refractivity contribution in [3.63, 3.8) is 0 Å². The van der Waals surface area contributed by atoms with Crippen LogP contribution in [0.3, 0.4) is 0 Å². The molecule has 0 fully saturated rings. The molecule has 0 bridgehead atoms. The first-order valence-electron chi connectivity index (χ1n) is 41.5. The van der Waals surface area contributed by atoms with E-state index in [2.05, 4.69) is 67.4 Å². The van der Waals surface area contributed by atoms with Gasteiger partial charge in [0, 0.05) is 249 Å². The van der Waals surface area contributed by atoms with Crippen LogP contribution in [0, 0.1) is 68.1 Å². The van der Waals surface area contributed by atoms with E-state index in [1.165, 1.54) is 111 Å². The third-order valence-electron chi connectivity index (χ3n) is 19.4. The summed E-state index contributed by atoms with van der Waals surface area (Å²) in [7, 11) is 11.4. The maximum Gasteiger partial charge on any atom is 0.415 e. The summed E-state index contributed by atoms with van der Waals surface area (Å²) in [5.41, 5.74) is 19.4. The molecule has 50 heteroatoms. The molecule has 5 N–H and O–H groups in total. The van der Waals surface area contributed by atoms with E-state index in [4.69, 9.17) is 55.7 Å². The maximum atomic E-state index is 12.2. The van der Waals surface area contributed by atoms with E-state index >= 15 is 0 Å². The largest absolute Gasteiger partial charge is 0.415 e. The number of likely N-dealkylation sites (N-methyl/N-ethyl adjacent to an activating group) is 4. The Morgan fingerprint density at radius 1 is 0.458 bits per heavy atom. The number of amides is 4. The number of aromatic nitrogens is 1. The van der Waals surface area contributed by atoms with Gasteiger partial charge in [0.05, 0.1) is 91.1 Å². The fraction of sp³-hybridized carbons (Fsp3) is 0.261. The predicted octanol–water partition coefficient (Wildman–Crippen LogP) is 20.4. The van der Waals surface area contributed by atoms with Crippen LogP contribution in [0.1, 0.15) is 7.43 Å². The van der Waals surface area contributed by atoms with E-state index in [9.17, 15) is 89.5 Å². The number of nitro groups is 6. The molecular weight excluding hydrogens is 2130 g/mol. The van der Waals surface area contributed by atoms with E-state index in [0.717, 1.165) is 116 Å². The van der Waals surface area contributed by atoms with Crippen LogP contribution in [0.15, 0.2) is 253 Å². The summed E-state index contributed by atoms with van der Waals surface area (Å²) in [4.78, 5) is 153. The second-order valence-corrected chi connectivity index (χ2v) is 37.6. The van der Waals surface area contributed by atoms with Gasteiger partial charge in [0.1, 0.15) is 17.2 Å². The number of ether oxygens (including phenoxy) is 3. The number of fused-ring (bicyclic) bond motifs is 6. The standard InChI is InChI=1S/C18H19N3O4S.C18H21N3O2S.C12H15N3O3S.C12H17N3O2S.C8H6N2O3S.C7H5ClO2.C7H4N2O2S.C6H6N2O2S.C2H2Cl2O.CH4.CH3.Pd/c1-19(18(22)25-15-5-3-2-4-6-15)9-10-20-11-12-26-17-13-14(21(23)24)7-8-16(17)20;1-20(18(22)23-15-5-3-2-4-6-15)9-10-21-11-12-24-17-13-14(19)7-8-16(17)21;1-13(2)5-6-14-10-4-3-9(15(17)18)7-11(10)19-8-12(14)16;1-13(2)5-6-14-7-8-18-12-9-10(15(16)17)3-4-11(12)14;11-8-4-14-7-3-5(10(12)13)1-2-6(7)9-8;8-7(9)10-6-4-2-1-3-5-6;10-9(11)5-1-2-6-7(3-5)12-4-8-6;7-5-2-1-4(8(9)10)3-6(5)11;3-1-2(4)5;;;/h2-8,13H,9-12H2,1H3;2-8,13H,9-12,19H2,1H3;3-4,7H,5-6,8H2,1-2H3;3-4,9H,5-8H2,1-2H3;1-3H,4H2,(H,9,11);1-5H;1-4H;1-3,11H,7H2;1H2;1H4;1H3;/q;;;;;;;;;;-1;. The third kappa shape index (κ3) is 39.9. The molecule has 1 aromatic heterocycles. The minimum absolute atomic E-state index is 0. The first kappa shape index (κ1) is 120. The van der Waals surface area contributed by atoms with Gasteiger partial charge in [0.2, 0.25) is 17.1 Å². The first-order valence-corrected chi connectivity index (χ1v) is 49.0. The number of carbonyl (C=O) groups is 6. The zero-order valence-electron chi connectivity index (χ0n) is 76.7. The average molecular weight is 2230 g/mol. The van der Waals surface area contributed by atoms with Gasteiger partial charge in [-0.25, -0.2) is 19.4 Å². The molecule has 39 nitrogen and oxygen atoms in total. The number of rotatable bonds is 22. The van der Waals surface area contributed by atoms with E-state index in [0.29, 0.717) is 71.2 Å². The number of nitrogens with zero attached hydrogens (tertiary/aromatic N) is 15. The van der Waals surface area contributed by atoms with Gasteiger partial charge >= 0.3 is 17.6 Å². The summed E-state index contributed by atoms with van der Waals surface area (Å²) < 4.78 is 16.1. The van der Waals surface area contributed by atoms with E-state index in [-0.39, 0.29) is 103 Å². The number of hydrogen-bond acceptors (Lipinski definition) is 36. The van der Waals surface area contributed by atoms with Crippen LogP contribution in [0.2, 0.25) is 0 Å². The topological polar surface area (TPSA) is 492 Å². The minimum Gasteiger partial charge on any atom is -0.415 e. The number of thioether (sulfide) groups is 5. The summed E-state index contributed by atoms with van der Waals surface area (Å²) in [6.45, 7) is 8.57. The number of hydrogen-bond donors (Lipinski definition) is 4. The summed E-state index contributed by atoms with van der Waals surface area (Å²) in [5, 5.41) is 65.6. The Morgan fingerprint density at radius 2 is 0.817 bits per heavy atom. The van der Waals surface area contributed by atoms with Gasteiger partial charge in [-0.3, -0.25) is 75.1 Å². The Bertz CT molecular complexity index is 6120. The third-order valence-corrected chi connectivity index (χ3v) is 26.3. The van der Waals surface area contributed by atoms with Crippen LogP contribution >= 0.6 is 118 Å². The molecule has 5 aliphatic rings. The average Bonchev–Trinajstić information content (AvgIpc) is 1.16. The summed E-state index contributed by atoms with van der Waals surface area (Å²) in [5.74, 6) is 4.92. The number of para-hydroxylation sites is 3. The van der Waals surface area contributed by atoms with Gasteiger partial charge in [-0.2, -0.15) is 0 Å². The Morgan fingerprint density at radius 3 is 1.24 bits per heavy atom. The number of benzene rings is 10. The number of carbonyl (C=O) groups excluding carboxylic acids is 6. The van der Waals surface area contributed by atoms with Crippen molar-refractivity contribution in [1.29, 1.82) is 0 Å². The molecule has 0 radical (unpaired) electrons. The normalized spacial score (nSPS) is 12.4. The van der Waals surface area contributed by atoms with E-state index in [1.807, 2.05) is 91.4 Å². The number of thiazole rings is 1.